The number of halogens is 1. The second-order valence-electron chi connectivity index (χ2n) is 17.0. The van der Waals surface area contributed by atoms with Crippen molar-refractivity contribution >= 4 is 45.5 Å². The highest BCUT2D eigenvalue weighted by atomic mass is 79.9. The first-order valence-electron chi connectivity index (χ1n) is 21.7. The second-order valence-corrected chi connectivity index (χ2v) is 17.8. The van der Waals surface area contributed by atoms with Crippen molar-refractivity contribution in [3.05, 3.63) is 99.2 Å². The van der Waals surface area contributed by atoms with Crippen LogP contribution >= 0.6 is 15.9 Å². The molecule has 1 aromatic heterocycles. The van der Waals surface area contributed by atoms with Gasteiger partial charge >= 0.3 is 0 Å². The Bertz CT molecular complexity index is 2470. The first-order chi connectivity index (χ1) is 31.4. The number of nitrogens with two attached hydrogens (primary N) is 3. The van der Waals surface area contributed by atoms with Crippen molar-refractivity contribution in [3.63, 3.8) is 0 Å². The van der Waals surface area contributed by atoms with E-state index in [4.69, 9.17) is 36.9 Å². The van der Waals surface area contributed by atoms with Crippen molar-refractivity contribution in [2.45, 2.75) is 77.0 Å². The number of pyridine rings is 1. The zero-order valence-corrected chi connectivity index (χ0v) is 39.7. The number of nitrogens with one attached hydrogen (secondary N) is 4. The number of hydrogen-bond acceptors (Lipinski definition) is 12. The molecule has 10 N–H and O–H groups in total. The number of nitrogens with zero attached hydrogens (tertiary/aromatic N) is 3. The third-order valence-electron chi connectivity index (χ3n) is 11.0. The number of aryl methyl sites for hydroxylation is 1. The highest BCUT2D eigenvalue weighted by molar-refractivity contribution is 9.10. The number of nitriles is 1. The molecule has 18 heteroatoms. The van der Waals surface area contributed by atoms with E-state index in [2.05, 4.69) is 58.0 Å². The van der Waals surface area contributed by atoms with Crippen LogP contribution in [0.15, 0.2) is 71.2 Å². The van der Waals surface area contributed by atoms with Crippen LogP contribution in [-0.4, -0.2) is 104 Å². The zero-order valence-electron chi connectivity index (χ0n) is 38.1. The molecule has 1 aliphatic rings. The van der Waals surface area contributed by atoms with E-state index in [1.54, 1.807) is 49.4 Å². The third-order valence-corrected chi connectivity index (χ3v) is 11.7. The third kappa shape index (κ3) is 12.3. The average molecular weight is 968 g/mol. The first-order valence-corrected chi connectivity index (χ1v) is 22.5. The number of hydrogen-bond donors (Lipinski definition) is 7. The van der Waals surface area contributed by atoms with E-state index in [1.807, 2.05) is 30.3 Å². The smallest absolute Gasteiger partial charge is 0.253 e. The van der Waals surface area contributed by atoms with Crippen molar-refractivity contribution in [1.82, 2.24) is 31.2 Å². The van der Waals surface area contributed by atoms with E-state index in [-0.39, 0.29) is 63.2 Å². The summed E-state index contributed by atoms with van der Waals surface area (Å²) in [6.07, 6.45) is 0.0116. The lowest BCUT2D eigenvalue weighted by Crippen LogP contribution is -2.56. The lowest BCUT2D eigenvalue weighted by atomic mass is 9.86. The van der Waals surface area contributed by atoms with Gasteiger partial charge in [0.05, 0.1) is 23.0 Å². The van der Waals surface area contributed by atoms with Crippen LogP contribution in [0.3, 0.4) is 0 Å². The number of aromatic nitrogens is 1. The number of ether oxygens (including phenoxy) is 2. The Morgan fingerprint density at radius 2 is 1.56 bits per heavy atom. The summed E-state index contributed by atoms with van der Waals surface area (Å²) >= 11 is 3.60. The molecular formula is C48H59BrN10O7. The molecule has 5 rings (SSSR count). The molecule has 0 saturated carbocycles. The molecule has 4 atom stereocenters. The number of fused-ring (bicyclic) bond motifs is 5. The van der Waals surface area contributed by atoms with Crippen molar-refractivity contribution in [2.75, 3.05) is 46.4 Å². The predicted octanol–water partition coefficient (Wildman–Crippen LogP) is 3.29. The molecule has 0 aliphatic carbocycles. The number of carbonyl (C=O) groups excluding carboxylic acids is 5. The normalized spacial score (nSPS) is 16.7. The molecule has 0 fully saturated rings. The van der Waals surface area contributed by atoms with Crippen LogP contribution < -0.4 is 47.9 Å². The largest absolute Gasteiger partial charge is 0.492 e. The Labute approximate surface area is 393 Å². The van der Waals surface area contributed by atoms with Crippen LogP contribution in [0.2, 0.25) is 0 Å². The minimum Gasteiger partial charge on any atom is -0.492 e. The van der Waals surface area contributed by atoms with E-state index in [0.717, 1.165) is 11.1 Å². The molecule has 5 amide bonds. The molecule has 3 aromatic carbocycles. The molecule has 17 nitrogen and oxygen atoms in total. The van der Waals surface area contributed by atoms with Crippen LogP contribution in [-0.2, 0) is 31.0 Å². The Balaban J connectivity index is 1.57. The van der Waals surface area contributed by atoms with Crippen molar-refractivity contribution in [3.8, 4) is 40.0 Å². The molecule has 0 saturated heterocycles. The zero-order chi connectivity index (χ0) is 48.3. The van der Waals surface area contributed by atoms with E-state index in [9.17, 15) is 24.0 Å². The summed E-state index contributed by atoms with van der Waals surface area (Å²) in [5.74, 6) is -2.53. The Hall–Kier alpha value is -6.39. The number of rotatable bonds is 15. The average Bonchev–Trinajstić information content (AvgIpc) is 3.29. The number of amides is 5. The summed E-state index contributed by atoms with van der Waals surface area (Å²) in [7, 11) is 1.42. The van der Waals surface area contributed by atoms with Gasteiger partial charge in [-0.3, -0.25) is 29.0 Å². The standard InChI is InChI=1S/C48H59BrN10O7/c1-27-33(26-36(49)41(55-27)30-8-11-32(12-9-30)48(3,4)5)44(61)57-37(15-16-50)47(64)59(6)42-31-10-14-40(66-22-19-53)35(25-31)34-23-29(7-13-39(34)65-21-18-52)24-38(45(62)54-20-17-51)58-43(60)28(2)56-46(42)63/h7-14,23,25-26,28,37-38,42H,15-16,18-22,24,50,52-53H2,1-6H3,(H,54,62)(H,56,63)(H,57,61)(H,58,60)/t28-,37-,38-,42-/m0/s1. The quantitative estimate of drug-likeness (QED) is 0.0847. The van der Waals surface area contributed by atoms with E-state index in [1.165, 1.54) is 18.9 Å². The van der Waals surface area contributed by atoms with Crippen molar-refractivity contribution in [1.29, 1.82) is 5.26 Å². The van der Waals surface area contributed by atoms with Gasteiger partial charge in [-0.25, -0.2) is 0 Å². The van der Waals surface area contributed by atoms with Crippen LogP contribution in [0.4, 0.5) is 0 Å². The molecule has 1 aliphatic heterocycles. The molecule has 2 heterocycles. The number of likely N-dealkylation sites (N-methyl/N-ethyl adjacent to an activating group) is 1. The fourth-order valence-corrected chi connectivity index (χ4v) is 8.05. The summed E-state index contributed by atoms with van der Waals surface area (Å²) in [4.78, 5) is 76.4. The highest BCUT2D eigenvalue weighted by Gasteiger charge is 2.36. The summed E-state index contributed by atoms with van der Waals surface area (Å²) in [5.41, 5.74) is 22.8. The van der Waals surface area contributed by atoms with E-state index < -0.39 is 53.7 Å². The van der Waals surface area contributed by atoms with Crippen LogP contribution in [0.1, 0.15) is 72.9 Å². The van der Waals surface area contributed by atoms with Gasteiger partial charge in [0.25, 0.3) is 5.91 Å². The SMILES string of the molecule is Cc1nc(-c2ccc(C(C)(C)C)cc2)c(Br)cc1C(=O)N[C@@H](CCN)C(=O)N(C)[C@@H]1C(=O)N[C@@H](C)C(=O)N[C@H](C(=O)NCC#N)Cc2ccc(OCCN)c(c2)-c2cc1ccc2OCCN. The molecule has 4 bridgehead atoms. The second kappa shape index (κ2) is 22.7. The Morgan fingerprint density at radius 3 is 2.17 bits per heavy atom. The number of benzene rings is 3. The molecular weight excluding hydrogens is 908 g/mol. The number of carbonyl (C=O) groups is 5. The lowest BCUT2D eigenvalue weighted by Gasteiger charge is -2.32. The highest BCUT2D eigenvalue weighted by Crippen LogP contribution is 2.40. The Kier molecular flexibility index (Phi) is 17.4. The summed E-state index contributed by atoms with van der Waals surface area (Å²) in [5, 5.41) is 19.9. The fourth-order valence-electron chi connectivity index (χ4n) is 7.51. The van der Waals surface area contributed by atoms with Crippen LogP contribution in [0, 0.1) is 18.3 Å². The predicted molar refractivity (Wildman–Crippen MR) is 254 cm³/mol. The van der Waals surface area contributed by atoms with Crippen molar-refractivity contribution < 1.29 is 33.4 Å². The molecule has 0 unspecified atom stereocenters. The van der Waals surface area contributed by atoms with Gasteiger partial charge in [-0.05, 0) is 95.2 Å². The van der Waals surface area contributed by atoms with Gasteiger partial charge in [0.2, 0.25) is 23.6 Å². The van der Waals surface area contributed by atoms with Crippen LogP contribution in [0.5, 0.6) is 11.5 Å². The van der Waals surface area contributed by atoms with Gasteiger partial charge in [-0.15, -0.1) is 0 Å². The Morgan fingerprint density at radius 1 is 0.924 bits per heavy atom. The molecule has 350 valence electrons. The molecule has 0 radical (unpaired) electrons. The minimum absolute atomic E-state index is 0.00275. The maximum Gasteiger partial charge on any atom is 0.253 e. The van der Waals surface area contributed by atoms with Gasteiger partial charge in [-0.1, -0.05) is 57.2 Å². The summed E-state index contributed by atoms with van der Waals surface area (Å²) in [6.45, 7) is 9.93. The minimum atomic E-state index is -1.40. The van der Waals surface area contributed by atoms with Gasteiger partial charge < -0.3 is 52.8 Å². The van der Waals surface area contributed by atoms with Gasteiger partial charge in [0, 0.05) is 47.7 Å². The summed E-state index contributed by atoms with van der Waals surface area (Å²) < 4.78 is 12.8. The molecule has 66 heavy (non-hydrogen) atoms. The maximum atomic E-state index is 14.7. The van der Waals surface area contributed by atoms with Gasteiger partial charge in [0.1, 0.15) is 55.4 Å². The lowest BCUT2D eigenvalue weighted by molar-refractivity contribution is -0.141. The molecule has 4 aromatic rings. The summed E-state index contributed by atoms with van der Waals surface area (Å²) in [6, 6.07) is 16.8. The van der Waals surface area contributed by atoms with Crippen LogP contribution in [0.25, 0.3) is 22.4 Å². The topological polar surface area (TPSA) is 270 Å². The maximum absolute atomic E-state index is 14.7. The van der Waals surface area contributed by atoms with Gasteiger partial charge in [0.15, 0.2) is 0 Å². The van der Waals surface area contributed by atoms with E-state index >= 15 is 0 Å². The fraction of sp³-hybridized carbons (Fsp3) is 0.396. The monoisotopic (exact) mass is 966 g/mol. The molecule has 0 spiro atoms. The first kappa shape index (κ1) is 50.6. The van der Waals surface area contributed by atoms with Crippen molar-refractivity contribution in [2.24, 2.45) is 17.2 Å². The van der Waals surface area contributed by atoms with E-state index in [0.29, 0.717) is 49.6 Å². The van der Waals surface area contributed by atoms with Gasteiger partial charge in [-0.2, -0.15) is 5.26 Å².